The van der Waals surface area contributed by atoms with E-state index < -0.39 is 149 Å². The molecule has 1 aromatic carbocycles. The van der Waals surface area contributed by atoms with Gasteiger partial charge in [0.2, 0.25) is 5.91 Å². The number of carbonyl (C=O) groups excluding carboxylic acids is 1. The highest BCUT2D eigenvalue weighted by Crippen LogP contribution is 2.67. The quantitative estimate of drug-likeness (QED) is 0.0926. The second kappa shape index (κ2) is 15.4. The first-order chi connectivity index (χ1) is 27.4. The second-order valence-electron chi connectivity index (χ2n) is 12.2. The van der Waals surface area contributed by atoms with Crippen LogP contribution in [0.3, 0.4) is 0 Å². The van der Waals surface area contributed by atoms with Gasteiger partial charge in [-0.2, -0.15) is 149 Å². The normalized spacial score (nSPS) is 16.0. The van der Waals surface area contributed by atoms with Crippen molar-refractivity contribution in [3.8, 4) is 0 Å². The maximum atomic E-state index is 15.4. The molecule has 0 aliphatic heterocycles. The summed E-state index contributed by atoms with van der Waals surface area (Å²) in [5.74, 6) is -129. The Morgan fingerprint density at radius 3 is 0.922 bits per heavy atom. The van der Waals surface area contributed by atoms with Crippen LogP contribution in [0.4, 0.5) is 155 Å². The number of rotatable bonds is 17. The third kappa shape index (κ3) is 7.44. The van der Waals surface area contributed by atoms with E-state index in [-0.39, 0.29) is 5.32 Å². The molecular weight excluding hydrogens is 1020 g/mol. The lowest BCUT2D eigenvalue weighted by atomic mass is 9.71. The van der Waals surface area contributed by atoms with Crippen LogP contribution in [0.5, 0.6) is 0 Å². The van der Waals surface area contributed by atoms with E-state index in [4.69, 9.17) is 0 Å². The molecule has 0 bridgehead atoms. The van der Waals surface area contributed by atoms with Crippen molar-refractivity contribution in [1.82, 2.24) is 0 Å². The fourth-order valence-corrected chi connectivity index (χ4v) is 4.37. The number of benzene rings is 1. The van der Waals surface area contributed by atoms with Gasteiger partial charge in [0.15, 0.2) is 0 Å². The number of halogens is 34. The number of nitrogens with two attached hydrogens (primary N) is 1. The van der Waals surface area contributed by atoms with Crippen molar-refractivity contribution in [2.24, 2.45) is 5.73 Å². The smallest absolute Gasteiger partial charge is 0.423 e. The molecule has 40 heteroatoms. The predicted molar refractivity (Wildman–Crippen MR) is 133 cm³/mol. The van der Waals surface area contributed by atoms with Crippen molar-refractivity contribution in [2.45, 2.75) is 95.3 Å². The second-order valence-corrected chi connectivity index (χ2v) is 12.2. The minimum absolute atomic E-state index is 0.176. The Morgan fingerprint density at radius 1 is 0.422 bits per heavy atom. The molecule has 0 aliphatic carbocycles. The number of carbonyl (C=O) groups is 1. The van der Waals surface area contributed by atoms with Gasteiger partial charge in [-0.25, -0.2) is 0 Å². The summed E-state index contributed by atoms with van der Waals surface area (Å²) in [5.41, 5.74) is -11.1. The van der Waals surface area contributed by atoms with E-state index in [0.717, 1.165) is 0 Å². The van der Waals surface area contributed by atoms with Gasteiger partial charge in [0, 0.05) is 5.56 Å². The van der Waals surface area contributed by atoms with E-state index in [1.165, 1.54) is 0 Å². The number of nitrogens with one attached hydrogen (secondary N) is 1. The Bertz CT molecular complexity index is 1900. The standard InChI is InChI=1S/C24H9BF34N2O3/c26-9(27,11(30,31)13(34,35)15(38,39)17(42,43)19(46,47)21(50,51)23(54,55)56)4-1-5(25(63)64)8(6(2-4)61-7(62)3-60)10(28,29)12(32,33)14(36,37)16(40,41)18(44,45)20(48,49)22(52,53)24(57,58)59/h1-2,63-64H,3,60H2,(H,61,62). The van der Waals surface area contributed by atoms with E-state index in [0.29, 0.717) is 0 Å². The van der Waals surface area contributed by atoms with E-state index in [9.17, 15) is 147 Å². The summed E-state index contributed by atoms with van der Waals surface area (Å²) in [6, 6.07) is -4.13. The third-order valence-electron chi connectivity index (χ3n) is 8.03. The van der Waals surface area contributed by atoms with Gasteiger partial charge in [-0.05, 0) is 11.5 Å². The topological polar surface area (TPSA) is 95.6 Å². The molecule has 0 spiro atoms. The van der Waals surface area contributed by atoms with Gasteiger partial charge in [-0.1, -0.05) is 6.07 Å². The maximum Gasteiger partial charge on any atom is 0.489 e. The van der Waals surface area contributed by atoms with Gasteiger partial charge in [0.05, 0.1) is 17.8 Å². The number of anilines is 1. The first kappa shape index (κ1) is 58.3. The van der Waals surface area contributed by atoms with Crippen molar-refractivity contribution in [3.05, 3.63) is 23.3 Å². The molecule has 64 heavy (non-hydrogen) atoms. The summed E-state index contributed by atoms with van der Waals surface area (Å²) in [7, 11) is -4.85. The average Bonchev–Trinajstić information content (AvgIpc) is 3.08. The summed E-state index contributed by atoms with van der Waals surface area (Å²) in [6.07, 6.45) is -16.5. The summed E-state index contributed by atoms with van der Waals surface area (Å²) in [6.45, 7) is -2.09. The molecule has 0 aliphatic rings. The molecule has 5 N–H and O–H groups in total. The number of amides is 1. The Balaban J connectivity index is 4.49. The van der Waals surface area contributed by atoms with Crippen LogP contribution < -0.4 is 16.5 Å². The zero-order chi connectivity index (χ0) is 52.3. The molecule has 374 valence electrons. The monoisotopic (exact) mass is 1030 g/mol. The molecule has 1 aromatic rings. The molecule has 0 aromatic heterocycles. The molecule has 0 unspecified atom stereocenters. The zero-order valence-corrected chi connectivity index (χ0v) is 28.2. The fourth-order valence-electron chi connectivity index (χ4n) is 4.37. The summed E-state index contributed by atoms with van der Waals surface area (Å²) in [5, 5.41) is 18.7. The number of alkyl halides is 34. The Kier molecular flexibility index (Phi) is 14.0. The highest BCUT2D eigenvalue weighted by atomic mass is 19.4. The highest BCUT2D eigenvalue weighted by molar-refractivity contribution is 6.59. The van der Waals surface area contributed by atoms with E-state index in [2.05, 4.69) is 5.73 Å². The lowest BCUT2D eigenvalue weighted by Crippen LogP contribution is -2.74. The molecule has 0 radical (unpaired) electrons. The van der Waals surface area contributed by atoms with Crippen molar-refractivity contribution in [1.29, 1.82) is 0 Å². The minimum atomic E-state index is -9.49. The van der Waals surface area contributed by atoms with Gasteiger partial charge < -0.3 is 21.1 Å². The SMILES string of the molecule is NCC(=O)Nc1cc(C(F)(F)C(F)(F)C(F)(F)C(F)(F)C(F)(F)C(F)(F)C(F)(F)C(F)(F)F)cc(B(O)O)c1C(F)(F)C(F)(F)C(F)(F)C(F)(F)C(F)(F)C(F)(F)C(F)(F)C(F)(F)F. The largest absolute Gasteiger partial charge is 0.489 e. The molecule has 0 atom stereocenters. The van der Waals surface area contributed by atoms with Crippen LogP contribution in [-0.2, 0) is 16.6 Å². The van der Waals surface area contributed by atoms with Crippen LogP contribution in [-0.4, -0.2) is 113 Å². The average molecular weight is 1030 g/mol. The van der Waals surface area contributed by atoms with E-state index >= 15 is 17.6 Å². The van der Waals surface area contributed by atoms with Gasteiger partial charge >= 0.3 is 102 Å². The van der Waals surface area contributed by atoms with Crippen LogP contribution in [0.15, 0.2) is 12.1 Å². The lowest BCUT2D eigenvalue weighted by Gasteiger charge is -2.43. The Hall–Kier alpha value is -3.75. The molecule has 0 saturated carbocycles. The van der Waals surface area contributed by atoms with Gasteiger partial charge in [-0.15, -0.1) is 0 Å². The van der Waals surface area contributed by atoms with Gasteiger partial charge in [0.1, 0.15) is 0 Å². The van der Waals surface area contributed by atoms with Crippen molar-refractivity contribution in [2.75, 3.05) is 11.9 Å². The van der Waals surface area contributed by atoms with Crippen LogP contribution in [0.25, 0.3) is 0 Å². The van der Waals surface area contributed by atoms with Gasteiger partial charge in [-0.3, -0.25) is 4.79 Å². The summed E-state index contributed by atoms with van der Waals surface area (Å²) in [4.78, 5) is 11.7. The Labute approximate surface area is 325 Å². The fraction of sp³-hybridized carbons (Fsp3) is 0.708. The molecule has 1 rings (SSSR count). The van der Waals surface area contributed by atoms with Crippen LogP contribution in [0.1, 0.15) is 11.1 Å². The van der Waals surface area contributed by atoms with Crippen LogP contribution in [0.2, 0.25) is 0 Å². The minimum Gasteiger partial charge on any atom is -0.423 e. The molecule has 0 heterocycles. The molecule has 0 saturated heterocycles. The molecule has 1 amide bonds. The number of hydrogen-bond acceptors (Lipinski definition) is 4. The Morgan fingerprint density at radius 2 is 0.672 bits per heavy atom. The van der Waals surface area contributed by atoms with Gasteiger partial charge in [0.25, 0.3) is 0 Å². The first-order valence-corrected chi connectivity index (χ1v) is 14.4. The molecular formula is C24H9BF34N2O3. The molecule has 5 nitrogen and oxygen atoms in total. The highest BCUT2D eigenvalue weighted by Gasteiger charge is 2.97. The zero-order valence-electron chi connectivity index (χ0n) is 28.2. The third-order valence-corrected chi connectivity index (χ3v) is 8.03. The first-order valence-electron chi connectivity index (χ1n) is 14.4. The number of hydrogen-bond donors (Lipinski definition) is 4. The maximum absolute atomic E-state index is 15.4. The van der Waals surface area contributed by atoms with Crippen molar-refractivity contribution in [3.63, 3.8) is 0 Å². The van der Waals surface area contributed by atoms with Crippen LogP contribution in [0, 0.1) is 0 Å². The lowest BCUT2D eigenvalue weighted by molar-refractivity contribution is -0.462. The van der Waals surface area contributed by atoms with Crippen molar-refractivity contribution >= 4 is 24.2 Å². The predicted octanol–water partition coefficient (Wildman–Crippen LogP) is 9.20. The van der Waals surface area contributed by atoms with E-state index in [1.807, 2.05) is 0 Å². The van der Waals surface area contributed by atoms with Crippen LogP contribution >= 0.6 is 0 Å². The summed E-state index contributed by atoms with van der Waals surface area (Å²) >= 11 is 0. The summed E-state index contributed by atoms with van der Waals surface area (Å²) < 4.78 is 470. The van der Waals surface area contributed by atoms with E-state index in [1.54, 1.807) is 0 Å². The molecule has 0 fully saturated rings. The van der Waals surface area contributed by atoms with Crippen molar-refractivity contribution < 1.29 is 164 Å².